The number of nitrogens with one attached hydrogen (secondary N) is 1. The van der Waals surface area contributed by atoms with Crippen LogP contribution in [0.2, 0.25) is 0 Å². The number of anilines is 2. The van der Waals surface area contributed by atoms with Crippen LogP contribution < -0.4 is 16.0 Å². The van der Waals surface area contributed by atoms with Crippen molar-refractivity contribution in [1.82, 2.24) is 10.3 Å². The number of likely N-dealkylation sites (N-methyl/N-ethyl adjacent to an activating group) is 1. The molecule has 7 nitrogen and oxygen atoms in total. The van der Waals surface area contributed by atoms with Gasteiger partial charge in [-0.3, -0.25) is 4.79 Å². The third-order valence-corrected chi connectivity index (χ3v) is 3.42. The number of carbonyl (C=O) groups excluding carboxylic acids is 2. The summed E-state index contributed by atoms with van der Waals surface area (Å²) in [7, 11) is 2.90. The molecule has 1 fully saturated rings. The summed E-state index contributed by atoms with van der Waals surface area (Å²) in [5.41, 5.74) is 6.25. The molecule has 3 N–H and O–H groups in total. The number of nitrogens with zero attached hydrogens (tertiary/aromatic N) is 2. The second kappa shape index (κ2) is 5.77. The molecule has 1 aliphatic heterocycles. The lowest BCUT2D eigenvalue weighted by molar-refractivity contribution is -0.121. The SMILES string of the molecule is CNC(=O)C1CCCN1c1cc(C(=O)OC)c(N)cn1. The monoisotopic (exact) mass is 278 g/mol. The molecule has 1 unspecified atom stereocenters. The van der Waals surface area contributed by atoms with E-state index in [0.717, 1.165) is 19.4 Å². The average molecular weight is 278 g/mol. The topological polar surface area (TPSA) is 97.5 Å². The molecule has 1 saturated heterocycles. The highest BCUT2D eigenvalue weighted by Crippen LogP contribution is 2.26. The number of ether oxygens (including phenoxy) is 1. The normalized spacial score (nSPS) is 17.9. The van der Waals surface area contributed by atoms with Gasteiger partial charge >= 0.3 is 5.97 Å². The maximum atomic E-state index is 11.8. The molecular formula is C13H18N4O3. The summed E-state index contributed by atoms with van der Waals surface area (Å²) in [6, 6.07) is 1.31. The van der Waals surface area contributed by atoms with Gasteiger partial charge in [-0.2, -0.15) is 0 Å². The number of rotatable bonds is 3. The van der Waals surface area contributed by atoms with E-state index in [4.69, 9.17) is 5.73 Å². The van der Waals surface area contributed by atoms with Crippen LogP contribution in [0.15, 0.2) is 12.3 Å². The van der Waals surface area contributed by atoms with Gasteiger partial charge < -0.3 is 20.7 Å². The minimum absolute atomic E-state index is 0.0549. The van der Waals surface area contributed by atoms with Crippen LogP contribution in [0.1, 0.15) is 23.2 Å². The number of amides is 1. The lowest BCUT2D eigenvalue weighted by atomic mass is 10.2. The average Bonchev–Trinajstić information content (AvgIpc) is 2.95. The van der Waals surface area contributed by atoms with E-state index in [0.29, 0.717) is 5.82 Å². The Bertz CT molecular complexity index is 532. The van der Waals surface area contributed by atoms with Crippen LogP contribution in [-0.2, 0) is 9.53 Å². The van der Waals surface area contributed by atoms with Crippen LogP contribution in [0.25, 0.3) is 0 Å². The Balaban J connectivity index is 2.33. The van der Waals surface area contributed by atoms with E-state index in [1.165, 1.54) is 13.3 Å². The van der Waals surface area contributed by atoms with E-state index in [9.17, 15) is 9.59 Å². The first-order valence-electron chi connectivity index (χ1n) is 6.40. The summed E-state index contributed by atoms with van der Waals surface area (Å²) in [6.07, 6.45) is 3.08. The predicted molar refractivity (Wildman–Crippen MR) is 74.4 cm³/mol. The van der Waals surface area contributed by atoms with Crippen molar-refractivity contribution in [1.29, 1.82) is 0 Å². The van der Waals surface area contributed by atoms with Gasteiger partial charge in [0.05, 0.1) is 24.6 Å². The highest BCUT2D eigenvalue weighted by molar-refractivity contribution is 5.96. The lowest BCUT2D eigenvalue weighted by Crippen LogP contribution is -2.42. The molecule has 1 atom stereocenters. The predicted octanol–water partition coefficient (Wildman–Crippen LogP) is 0.165. The van der Waals surface area contributed by atoms with E-state index < -0.39 is 5.97 Å². The third-order valence-electron chi connectivity index (χ3n) is 3.42. The van der Waals surface area contributed by atoms with Gasteiger partial charge in [-0.1, -0.05) is 0 Å². The van der Waals surface area contributed by atoms with E-state index in [2.05, 4.69) is 15.0 Å². The molecule has 0 aromatic carbocycles. The fraction of sp³-hybridized carbons (Fsp3) is 0.462. The molecule has 0 radical (unpaired) electrons. The van der Waals surface area contributed by atoms with Crippen LogP contribution in [0.4, 0.5) is 11.5 Å². The molecular weight excluding hydrogens is 260 g/mol. The van der Waals surface area contributed by atoms with Gasteiger partial charge in [-0.25, -0.2) is 9.78 Å². The molecule has 1 aromatic heterocycles. The minimum atomic E-state index is -0.512. The van der Waals surface area contributed by atoms with E-state index in [-0.39, 0.29) is 23.2 Å². The molecule has 2 rings (SSSR count). The Morgan fingerprint density at radius 3 is 2.95 bits per heavy atom. The van der Waals surface area contributed by atoms with Crippen molar-refractivity contribution in [3.63, 3.8) is 0 Å². The Kier molecular flexibility index (Phi) is 4.07. The van der Waals surface area contributed by atoms with E-state index in [1.807, 2.05) is 4.90 Å². The molecule has 108 valence electrons. The van der Waals surface area contributed by atoms with E-state index >= 15 is 0 Å². The molecule has 1 aliphatic rings. The number of hydrogen-bond donors (Lipinski definition) is 2. The summed E-state index contributed by atoms with van der Waals surface area (Å²) in [5.74, 6) is -0.00622. The zero-order chi connectivity index (χ0) is 14.7. The molecule has 20 heavy (non-hydrogen) atoms. The molecule has 2 heterocycles. The fourth-order valence-corrected chi connectivity index (χ4v) is 2.38. The zero-order valence-electron chi connectivity index (χ0n) is 11.5. The number of aromatic nitrogens is 1. The summed E-state index contributed by atoms with van der Waals surface area (Å²) < 4.78 is 4.69. The Labute approximate surface area is 117 Å². The standard InChI is InChI=1S/C13H18N4O3/c1-15-12(18)10-4-3-5-17(10)11-6-8(13(19)20-2)9(14)7-16-11/h6-7,10H,3-5,14H2,1-2H3,(H,15,18). The maximum Gasteiger partial charge on any atom is 0.340 e. The largest absolute Gasteiger partial charge is 0.465 e. The van der Waals surface area contributed by atoms with Gasteiger partial charge in [0.25, 0.3) is 0 Å². The summed E-state index contributed by atoms with van der Waals surface area (Å²) in [5, 5.41) is 2.64. The summed E-state index contributed by atoms with van der Waals surface area (Å²) in [4.78, 5) is 29.6. The summed E-state index contributed by atoms with van der Waals surface area (Å²) in [6.45, 7) is 0.718. The van der Waals surface area contributed by atoms with Crippen molar-refractivity contribution in [2.45, 2.75) is 18.9 Å². The smallest absolute Gasteiger partial charge is 0.340 e. The van der Waals surface area contributed by atoms with Crippen molar-refractivity contribution >= 4 is 23.4 Å². The molecule has 0 aliphatic carbocycles. The quantitative estimate of drug-likeness (QED) is 0.765. The fourth-order valence-electron chi connectivity index (χ4n) is 2.38. The Morgan fingerprint density at radius 2 is 2.30 bits per heavy atom. The summed E-state index contributed by atoms with van der Waals surface area (Å²) >= 11 is 0. The van der Waals surface area contributed by atoms with Crippen LogP contribution >= 0.6 is 0 Å². The number of methoxy groups -OCH3 is 1. The highest BCUT2D eigenvalue weighted by Gasteiger charge is 2.31. The van der Waals surface area contributed by atoms with Gasteiger partial charge in [-0.15, -0.1) is 0 Å². The van der Waals surface area contributed by atoms with Gasteiger partial charge in [0, 0.05) is 13.6 Å². The van der Waals surface area contributed by atoms with Gasteiger partial charge in [0.15, 0.2) is 0 Å². The Morgan fingerprint density at radius 1 is 1.55 bits per heavy atom. The number of esters is 1. The van der Waals surface area contributed by atoms with E-state index in [1.54, 1.807) is 13.1 Å². The van der Waals surface area contributed by atoms with Crippen LogP contribution in [-0.4, -0.2) is 43.6 Å². The minimum Gasteiger partial charge on any atom is -0.465 e. The first-order valence-corrected chi connectivity index (χ1v) is 6.40. The maximum absolute atomic E-state index is 11.8. The molecule has 1 amide bonds. The second-order valence-corrected chi connectivity index (χ2v) is 4.59. The molecule has 0 saturated carbocycles. The zero-order valence-corrected chi connectivity index (χ0v) is 11.5. The number of nitrogens with two attached hydrogens (primary N) is 1. The first-order chi connectivity index (χ1) is 9.58. The third kappa shape index (κ3) is 2.52. The Hall–Kier alpha value is -2.31. The van der Waals surface area contributed by atoms with Gasteiger partial charge in [-0.05, 0) is 18.9 Å². The van der Waals surface area contributed by atoms with Gasteiger partial charge in [0.2, 0.25) is 5.91 Å². The number of hydrogen-bond acceptors (Lipinski definition) is 6. The van der Waals surface area contributed by atoms with Crippen molar-refractivity contribution in [3.8, 4) is 0 Å². The van der Waals surface area contributed by atoms with Crippen LogP contribution in [0, 0.1) is 0 Å². The molecule has 1 aromatic rings. The first kappa shape index (κ1) is 14.1. The molecule has 7 heteroatoms. The molecule has 0 bridgehead atoms. The molecule has 0 spiro atoms. The lowest BCUT2D eigenvalue weighted by Gasteiger charge is -2.24. The van der Waals surface area contributed by atoms with Gasteiger partial charge in [0.1, 0.15) is 11.9 Å². The van der Waals surface area contributed by atoms with Crippen LogP contribution in [0.5, 0.6) is 0 Å². The number of carbonyl (C=O) groups is 2. The number of pyridine rings is 1. The van der Waals surface area contributed by atoms with Crippen molar-refractivity contribution < 1.29 is 14.3 Å². The highest BCUT2D eigenvalue weighted by atomic mass is 16.5. The number of nitrogen functional groups attached to an aromatic ring is 1. The van der Waals surface area contributed by atoms with Crippen molar-refractivity contribution in [2.24, 2.45) is 0 Å². The van der Waals surface area contributed by atoms with Crippen molar-refractivity contribution in [2.75, 3.05) is 31.3 Å². The van der Waals surface area contributed by atoms with Crippen LogP contribution in [0.3, 0.4) is 0 Å². The van der Waals surface area contributed by atoms with Crippen molar-refractivity contribution in [3.05, 3.63) is 17.8 Å². The second-order valence-electron chi connectivity index (χ2n) is 4.59.